The van der Waals surface area contributed by atoms with E-state index in [1.807, 2.05) is 0 Å². The molecule has 0 saturated carbocycles. The SMILES string of the molecule is CCN=C(N)N(CC)S(=O)(=O)c1ccc(N)cc1. The largest absolute Gasteiger partial charge is 0.399 e. The van der Waals surface area contributed by atoms with Crippen molar-refractivity contribution in [1.82, 2.24) is 4.31 Å². The molecule has 0 aliphatic carbocycles. The lowest BCUT2D eigenvalue weighted by molar-refractivity contribution is 0.528. The van der Waals surface area contributed by atoms with Gasteiger partial charge >= 0.3 is 0 Å². The zero-order valence-corrected chi connectivity index (χ0v) is 11.3. The number of nitrogen functional groups attached to an aromatic ring is 1. The lowest BCUT2D eigenvalue weighted by Crippen LogP contribution is -2.41. The van der Waals surface area contributed by atoms with Crippen LogP contribution < -0.4 is 11.5 Å². The molecule has 0 fully saturated rings. The van der Waals surface area contributed by atoms with Crippen LogP contribution in [0.3, 0.4) is 0 Å². The molecule has 0 aromatic heterocycles. The molecular formula is C11H18N4O2S. The van der Waals surface area contributed by atoms with Crippen molar-refractivity contribution in [2.24, 2.45) is 10.7 Å². The second-order valence-electron chi connectivity index (χ2n) is 3.57. The van der Waals surface area contributed by atoms with Crippen LogP contribution in [0.5, 0.6) is 0 Å². The van der Waals surface area contributed by atoms with Crippen molar-refractivity contribution < 1.29 is 8.42 Å². The van der Waals surface area contributed by atoms with E-state index in [0.29, 0.717) is 12.2 Å². The fourth-order valence-corrected chi connectivity index (χ4v) is 2.84. The van der Waals surface area contributed by atoms with Gasteiger partial charge in [0.25, 0.3) is 10.0 Å². The normalized spacial score (nSPS) is 12.4. The highest BCUT2D eigenvalue weighted by atomic mass is 32.2. The molecule has 18 heavy (non-hydrogen) atoms. The van der Waals surface area contributed by atoms with E-state index in [1.54, 1.807) is 13.8 Å². The molecule has 0 amide bonds. The Kier molecular flexibility index (Phi) is 4.55. The highest BCUT2D eigenvalue weighted by Gasteiger charge is 2.24. The number of guanidine groups is 1. The number of benzene rings is 1. The number of hydrogen-bond donors (Lipinski definition) is 2. The van der Waals surface area contributed by atoms with E-state index < -0.39 is 10.0 Å². The van der Waals surface area contributed by atoms with Crippen LogP contribution in [-0.4, -0.2) is 31.8 Å². The van der Waals surface area contributed by atoms with Gasteiger partial charge in [-0.25, -0.2) is 12.7 Å². The molecule has 0 aliphatic heterocycles. The van der Waals surface area contributed by atoms with E-state index in [0.717, 1.165) is 4.31 Å². The monoisotopic (exact) mass is 270 g/mol. The number of nitrogens with two attached hydrogens (primary N) is 2. The summed E-state index contributed by atoms with van der Waals surface area (Å²) in [5, 5.41) is 0. The fourth-order valence-electron chi connectivity index (χ4n) is 1.46. The second-order valence-corrected chi connectivity index (χ2v) is 5.43. The Morgan fingerprint density at radius 1 is 1.28 bits per heavy atom. The van der Waals surface area contributed by atoms with Crippen LogP contribution in [-0.2, 0) is 10.0 Å². The molecule has 4 N–H and O–H groups in total. The molecule has 1 aromatic carbocycles. The lowest BCUT2D eigenvalue weighted by atomic mass is 10.3. The van der Waals surface area contributed by atoms with E-state index in [2.05, 4.69) is 4.99 Å². The molecule has 100 valence electrons. The van der Waals surface area contributed by atoms with Gasteiger partial charge in [0.1, 0.15) is 0 Å². The van der Waals surface area contributed by atoms with Gasteiger partial charge < -0.3 is 11.5 Å². The molecule has 6 nitrogen and oxygen atoms in total. The van der Waals surface area contributed by atoms with E-state index >= 15 is 0 Å². The molecule has 1 aromatic rings. The Morgan fingerprint density at radius 3 is 2.28 bits per heavy atom. The zero-order valence-electron chi connectivity index (χ0n) is 10.5. The van der Waals surface area contributed by atoms with Gasteiger partial charge in [0, 0.05) is 18.8 Å². The van der Waals surface area contributed by atoms with Crippen LogP contribution in [0.2, 0.25) is 0 Å². The zero-order chi connectivity index (χ0) is 13.8. The first-order chi connectivity index (χ1) is 8.43. The third-order valence-electron chi connectivity index (χ3n) is 2.33. The molecular weight excluding hydrogens is 252 g/mol. The van der Waals surface area contributed by atoms with Crippen molar-refractivity contribution in [2.45, 2.75) is 18.7 Å². The highest BCUT2D eigenvalue weighted by molar-refractivity contribution is 7.89. The maximum atomic E-state index is 12.3. The Labute approximate surface area is 107 Å². The summed E-state index contributed by atoms with van der Waals surface area (Å²) in [6.45, 7) is 4.14. The molecule has 0 saturated heterocycles. The van der Waals surface area contributed by atoms with Crippen molar-refractivity contribution >= 4 is 21.7 Å². The predicted molar refractivity (Wildman–Crippen MR) is 72.6 cm³/mol. The quantitative estimate of drug-likeness (QED) is 0.475. The minimum absolute atomic E-state index is 0.00294. The average Bonchev–Trinajstić information content (AvgIpc) is 2.30. The summed E-state index contributed by atoms with van der Waals surface area (Å²) in [7, 11) is -3.67. The molecule has 0 unspecified atom stereocenters. The van der Waals surface area contributed by atoms with Crippen molar-refractivity contribution in [3.8, 4) is 0 Å². The number of hydrogen-bond acceptors (Lipinski definition) is 4. The minimum Gasteiger partial charge on any atom is -0.399 e. The average molecular weight is 270 g/mol. The highest BCUT2D eigenvalue weighted by Crippen LogP contribution is 2.16. The number of nitrogens with zero attached hydrogens (tertiary/aromatic N) is 2. The summed E-state index contributed by atoms with van der Waals surface area (Å²) in [4.78, 5) is 4.07. The van der Waals surface area contributed by atoms with E-state index in [9.17, 15) is 8.42 Å². The number of rotatable bonds is 4. The molecule has 1 rings (SSSR count). The lowest BCUT2D eigenvalue weighted by Gasteiger charge is -2.21. The molecule has 0 spiro atoms. The first-order valence-corrected chi connectivity index (χ1v) is 7.05. The molecule has 0 heterocycles. The second kappa shape index (κ2) is 5.72. The van der Waals surface area contributed by atoms with Crippen LogP contribution in [0.1, 0.15) is 13.8 Å². The smallest absolute Gasteiger partial charge is 0.266 e. The summed E-state index contributed by atoms with van der Waals surface area (Å²) in [6, 6.07) is 5.97. The standard InChI is InChI=1S/C11H18N4O2S/c1-3-14-11(13)15(4-2)18(16,17)10-7-5-9(12)6-8-10/h5-8H,3-4,12H2,1-2H3,(H2,13,14). The maximum absolute atomic E-state index is 12.3. The molecule has 0 aliphatic rings. The Hall–Kier alpha value is -1.76. The third-order valence-corrected chi connectivity index (χ3v) is 4.22. The Bertz CT molecular complexity index is 522. The van der Waals surface area contributed by atoms with Gasteiger partial charge in [-0.2, -0.15) is 0 Å². The predicted octanol–water partition coefficient (Wildman–Crippen LogP) is 0.614. The van der Waals surface area contributed by atoms with Gasteiger partial charge in [0.15, 0.2) is 0 Å². The summed E-state index contributed by atoms with van der Waals surface area (Å²) < 4.78 is 25.7. The number of aliphatic imine (C=N–C) groups is 1. The molecule has 7 heteroatoms. The summed E-state index contributed by atoms with van der Waals surface area (Å²) in [6.07, 6.45) is 0. The first kappa shape index (κ1) is 14.3. The van der Waals surface area contributed by atoms with Gasteiger partial charge in [-0.3, -0.25) is 4.99 Å². The number of anilines is 1. The molecule has 0 radical (unpaired) electrons. The van der Waals surface area contributed by atoms with Crippen LogP contribution in [0, 0.1) is 0 Å². The summed E-state index contributed by atoms with van der Waals surface area (Å²) >= 11 is 0. The van der Waals surface area contributed by atoms with Gasteiger partial charge in [-0.15, -0.1) is 0 Å². The van der Waals surface area contributed by atoms with Crippen LogP contribution in [0.4, 0.5) is 5.69 Å². The summed E-state index contributed by atoms with van der Waals surface area (Å²) in [5.74, 6) is -0.00294. The van der Waals surface area contributed by atoms with Gasteiger partial charge in [-0.05, 0) is 38.1 Å². The van der Waals surface area contributed by atoms with Crippen molar-refractivity contribution in [2.75, 3.05) is 18.8 Å². The van der Waals surface area contributed by atoms with E-state index in [-0.39, 0.29) is 17.4 Å². The fraction of sp³-hybridized carbons (Fsp3) is 0.364. The maximum Gasteiger partial charge on any atom is 0.266 e. The minimum atomic E-state index is -3.67. The van der Waals surface area contributed by atoms with Gasteiger partial charge in [0.05, 0.1) is 4.90 Å². The number of sulfonamides is 1. The van der Waals surface area contributed by atoms with Crippen molar-refractivity contribution in [1.29, 1.82) is 0 Å². The third kappa shape index (κ3) is 2.92. The first-order valence-electron chi connectivity index (χ1n) is 5.61. The molecule has 0 bridgehead atoms. The van der Waals surface area contributed by atoms with Crippen molar-refractivity contribution in [3.05, 3.63) is 24.3 Å². The summed E-state index contributed by atoms with van der Waals surface area (Å²) in [5.41, 5.74) is 11.7. The molecule has 0 atom stereocenters. The Morgan fingerprint density at radius 2 is 1.83 bits per heavy atom. The topological polar surface area (TPSA) is 102 Å². The van der Waals surface area contributed by atoms with Crippen LogP contribution in [0.15, 0.2) is 34.2 Å². The van der Waals surface area contributed by atoms with Gasteiger partial charge in [-0.1, -0.05) is 0 Å². The Balaban J connectivity index is 3.19. The van der Waals surface area contributed by atoms with E-state index in [4.69, 9.17) is 11.5 Å². The van der Waals surface area contributed by atoms with Crippen LogP contribution in [0.25, 0.3) is 0 Å². The van der Waals surface area contributed by atoms with Gasteiger partial charge in [0.2, 0.25) is 5.96 Å². The van der Waals surface area contributed by atoms with Crippen molar-refractivity contribution in [3.63, 3.8) is 0 Å². The van der Waals surface area contributed by atoms with Crippen LogP contribution >= 0.6 is 0 Å². The van der Waals surface area contributed by atoms with E-state index in [1.165, 1.54) is 24.3 Å².